The fraction of sp³-hybridized carbons (Fsp3) is 0.200. The first kappa shape index (κ1) is 15.0. The predicted molar refractivity (Wildman–Crippen MR) is 81.0 cm³/mol. The number of ether oxygens (including phenoxy) is 1. The number of benzene rings is 2. The lowest BCUT2D eigenvalue weighted by atomic mass is 9.98. The zero-order valence-electron chi connectivity index (χ0n) is 11.3. The molecule has 0 radical (unpaired) electrons. The number of halogens is 2. The molecule has 0 aliphatic carbocycles. The van der Waals surface area contributed by atoms with E-state index in [-0.39, 0.29) is 5.82 Å². The zero-order valence-corrected chi connectivity index (χ0v) is 12.9. The Bertz CT molecular complexity index is 619. The number of nitrogens with two attached hydrogens (primary N) is 1. The molecule has 0 fully saturated rings. The SMILES string of the molecule is COc1ccc(C(NN)c2ccc(C)c(Br)c2)c(F)c1. The second-order valence-corrected chi connectivity index (χ2v) is 5.35. The Labute approximate surface area is 126 Å². The molecule has 1 unspecified atom stereocenters. The number of hydrogen-bond acceptors (Lipinski definition) is 3. The van der Waals surface area contributed by atoms with E-state index in [0.717, 1.165) is 15.6 Å². The van der Waals surface area contributed by atoms with E-state index in [1.54, 1.807) is 12.1 Å². The first-order chi connectivity index (χ1) is 9.56. The van der Waals surface area contributed by atoms with Gasteiger partial charge in [-0.05, 0) is 30.2 Å². The quantitative estimate of drug-likeness (QED) is 0.663. The van der Waals surface area contributed by atoms with Crippen molar-refractivity contribution in [1.82, 2.24) is 5.43 Å². The van der Waals surface area contributed by atoms with Crippen LogP contribution in [0.4, 0.5) is 4.39 Å². The monoisotopic (exact) mass is 338 g/mol. The zero-order chi connectivity index (χ0) is 14.7. The summed E-state index contributed by atoms with van der Waals surface area (Å²) >= 11 is 3.48. The first-order valence-electron chi connectivity index (χ1n) is 6.12. The molecule has 0 bridgehead atoms. The molecule has 0 saturated heterocycles. The molecule has 2 aromatic carbocycles. The highest BCUT2D eigenvalue weighted by atomic mass is 79.9. The summed E-state index contributed by atoms with van der Waals surface area (Å²) in [5.74, 6) is 5.72. The molecule has 0 aromatic heterocycles. The third-order valence-electron chi connectivity index (χ3n) is 3.21. The summed E-state index contributed by atoms with van der Waals surface area (Å²) in [6, 6.07) is 10.1. The largest absolute Gasteiger partial charge is 0.497 e. The molecule has 0 aliphatic heterocycles. The molecular formula is C15H16BrFN2O. The van der Waals surface area contributed by atoms with E-state index >= 15 is 0 Å². The van der Waals surface area contributed by atoms with Crippen LogP contribution in [-0.2, 0) is 0 Å². The van der Waals surface area contributed by atoms with Crippen LogP contribution >= 0.6 is 15.9 Å². The molecule has 0 heterocycles. The Kier molecular flexibility index (Phi) is 4.75. The van der Waals surface area contributed by atoms with Crippen LogP contribution in [0.1, 0.15) is 22.7 Å². The van der Waals surface area contributed by atoms with Gasteiger partial charge in [0.25, 0.3) is 0 Å². The highest BCUT2D eigenvalue weighted by Crippen LogP contribution is 2.29. The maximum Gasteiger partial charge on any atom is 0.132 e. The molecule has 0 amide bonds. The van der Waals surface area contributed by atoms with Gasteiger partial charge in [-0.15, -0.1) is 0 Å². The van der Waals surface area contributed by atoms with Gasteiger partial charge in [-0.2, -0.15) is 0 Å². The Morgan fingerprint density at radius 1 is 1.25 bits per heavy atom. The number of aryl methyl sites for hydroxylation is 1. The van der Waals surface area contributed by atoms with E-state index in [1.165, 1.54) is 13.2 Å². The number of rotatable bonds is 4. The Morgan fingerprint density at radius 2 is 2.00 bits per heavy atom. The van der Waals surface area contributed by atoms with Crippen molar-refractivity contribution in [2.45, 2.75) is 13.0 Å². The number of hydrogen-bond donors (Lipinski definition) is 2. The summed E-state index contributed by atoms with van der Waals surface area (Å²) in [6.45, 7) is 1.99. The van der Waals surface area contributed by atoms with E-state index < -0.39 is 6.04 Å². The van der Waals surface area contributed by atoms with Crippen LogP contribution in [-0.4, -0.2) is 7.11 Å². The second-order valence-electron chi connectivity index (χ2n) is 4.50. The van der Waals surface area contributed by atoms with Gasteiger partial charge in [0.2, 0.25) is 0 Å². The summed E-state index contributed by atoms with van der Waals surface area (Å²) in [5, 5.41) is 0. The minimum Gasteiger partial charge on any atom is -0.497 e. The van der Waals surface area contributed by atoms with Crippen LogP contribution in [0.5, 0.6) is 5.75 Å². The van der Waals surface area contributed by atoms with Gasteiger partial charge >= 0.3 is 0 Å². The van der Waals surface area contributed by atoms with Gasteiger partial charge in [0.15, 0.2) is 0 Å². The maximum atomic E-state index is 14.2. The van der Waals surface area contributed by atoms with E-state index in [2.05, 4.69) is 21.4 Å². The predicted octanol–water partition coefficient (Wildman–Crippen LogP) is 3.46. The Balaban J connectivity index is 2.43. The molecule has 20 heavy (non-hydrogen) atoms. The van der Waals surface area contributed by atoms with Gasteiger partial charge in [0.1, 0.15) is 11.6 Å². The fourth-order valence-electron chi connectivity index (χ4n) is 2.02. The molecule has 1 atom stereocenters. The van der Waals surface area contributed by atoms with Crippen LogP contribution in [0, 0.1) is 12.7 Å². The summed E-state index contributed by atoms with van der Waals surface area (Å²) in [5.41, 5.74) is 5.13. The molecule has 5 heteroatoms. The minimum absolute atomic E-state index is 0.357. The first-order valence-corrected chi connectivity index (χ1v) is 6.91. The topological polar surface area (TPSA) is 47.3 Å². The molecule has 106 valence electrons. The molecule has 2 rings (SSSR count). The van der Waals surface area contributed by atoms with E-state index in [9.17, 15) is 4.39 Å². The molecule has 3 N–H and O–H groups in total. The van der Waals surface area contributed by atoms with Crippen molar-refractivity contribution < 1.29 is 9.13 Å². The number of hydrazine groups is 1. The lowest BCUT2D eigenvalue weighted by Crippen LogP contribution is -2.29. The summed E-state index contributed by atoms with van der Waals surface area (Å²) in [4.78, 5) is 0. The van der Waals surface area contributed by atoms with Gasteiger partial charge in [-0.1, -0.05) is 34.1 Å². The molecule has 0 spiro atoms. The van der Waals surface area contributed by atoms with Crippen LogP contribution in [0.3, 0.4) is 0 Å². The highest BCUT2D eigenvalue weighted by Gasteiger charge is 2.17. The smallest absolute Gasteiger partial charge is 0.132 e. The lowest BCUT2D eigenvalue weighted by molar-refractivity contribution is 0.410. The molecule has 3 nitrogen and oxygen atoms in total. The van der Waals surface area contributed by atoms with Gasteiger partial charge in [-0.3, -0.25) is 5.84 Å². The summed E-state index contributed by atoms with van der Waals surface area (Å²) in [7, 11) is 1.50. The molecule has 0 saturated carbocycles. The van der Waals surface area contributed by atoms with Gasteiger partial charge < -0.3 is 4.74 Å². The highest BCUT2D eigenvalue weighted by molar-refractivity contribution is 9.10. The summed E-state index contributed by atoms with van der Waals surface area (Å²) in [6.07, 6.45) is 0. The van der Waals surface area contributed by atoms with Crippen LogP contribution in [0.15, 0.2) is 40.9 Å². The van der Waals surface area contributed by atoms with Crippen LogP contribution < -0.4 is 16.0 Å². The van der Waals surface area contributed by atoms with Crippen molar-refractivity contribution in [2.75, 3.05) is 7.11 Å². The second kappa shape index (κ2) is 6.35. The van der Waals surface area contributed by atoms with Crippen molar-refractivity contribution in [3.05, 3.63) is 63.4 Å². The van der Waals surface area contributed by atoms with E-state index in [0.29, 0.717) is 11.3 Å². The van der Waals surface area contributed by atoms with Crippen LogP contribution in [0.2, 0.25) is 0 Å². The van der Waals surface area contributed by atoms with Crippen LogP contribution in [0.25, 0.3) is 0 Å². The average Bonchev–Trinajstić information content (AvgIpc) is 2.45. The summed E-state index contributed by atoms with van der Waals surface area (Å²) < 4.78 is 20.1. The number of nitrogens with one attached hydrogen (secondary N) is 1. The minimum atomic E-state index is -0.419. The number of methoxy groups -OCH3 is 1. The van der Waals surface area contributed by atoms with Crippen molar-refractivity contribution in [3.63, 3.8) is 0 Å². The van der Waals surface area contributed by atoms with E-state index in [4.69, 9.17) is 10.6 Å². The van der Waals surface area contributed by atoms with Crippen molar-refractivity contribution >= 4 is 15.9 Å². The van der Waals surface area contributed by atoms with E-state index in [1.807, 2.05) is 25.1 Å². The maximum absolute atomic E-state index is 14.2. The molecule has 0 aliphatic rings. The van der Waals surface area contributed by atoms with Gasteiger partial charge in [-0.25, -0.2) is 9.82 Å². The molecular weight excluding hydrogens is 323 g/mol. The lowest BCUT2D eigenvalue weighted by Gasteiger charge is -2.19. The average molecular weight is 339 g/mol. The Morgan fingerprint density at radius 3 is 2.55 bits per heavy atom. The van der Waals surface area contributed by atoms with Gasteiger partial charge in [0.05, 0.1) is 13.2 Å². The molecule has 2 aromatic rings. The Hall–Kier alpha value is -1.43. The van der Waals surface area contributed by atoms with Crippen molar-refractivity contribution in [2.24, 2.45) is 5.84 Å². The van der Waals surface area contributed by atoms with Gasteiger partial charge in [0, 0.05) is 16.1 Å². The van der Waals surface area contributed by atoms with Crippen molar-refractivity contribution in [1.29, 1.82) is 0 Å². The standard InChI is InChI=1S/C15H16BrFN2O/c1-9-3-4-10(7-13(9)16)15(19-18)12-6-5-11(20-2)8-14(12)17/h3-8,15,19H,18H2,1-2H3. The van der Waals surface area contributed by atoms with Crippen molar-refractivity contribution in [3.8, 4) is 5.75 Å². The fourth-order valence-corrected chi connectivity index (χ4v) is 2.42. The third-order valence-corrected chi connectivity index (χ3v) is 4.07. The third kappa shape index (κ3) is 3.00. The normalized spacial score (nSPS) is 12.2.